The molecule has 0 spiro atoms. The highest BCUT2D eigenvalue weighted by molar-refractivity contribution is 5.83. The molecule has 0 atom stereocenters. The summed E-state index contributed by atoms with van der Waals surface area (Å²) < 4.78 is 5.00. The van der Waals surface area contributed by atoms with Gasteiger partial charge in [-0.15, -0.1) is 0 Å². The van der Waals surface area contributed by atoms with E-state index >= 15 is 0 Å². The fourth-order valence-electron chi connectivity index (χ4n) is 1.08. The third-order valence-corrected chi connectivity index (χ3v) is 1.78. The molecule has 2 N–H and O–H groups in total. The maximum atomic E-state index is 11.3. The maximum absolute atomic E-state index is 11.3. The molecule has 1 rings (SSSR count). The first-order valence-corrected chi connectivity index (χ1v) is 4.53. The second kappa shape index (κ2) is 5.34. The SMILES string of the molecule is CCOCC(=O)Cc1cccnc1N. The third-order valence-electron chi connectivity index (χ3n) is 1.78. The van der Waals surface area contributed by atoms with Crippen LogP contribution >= 0.6 is 0 Å². The van der Waals surface area contributed by atoms with E-state index in [0.29, 0.717) is 18.8 Å². The van der Waals surface area contributed by atoms with E-state index in [4.69, 9.17) is 10.5 Å². The van der Waals surface area contributed by atoms with Gasteiger partial charge in [0.2, 0.25) is 0 Å². The van der Waals surface area contributed by atoms with Gasteiger partial charge in [0.25, 0.3) is 0 Å². The summed E-state index contributed by atoms with van der Waals surface area (Å²) >= 11 is 0. The Balaban J connectivity index is 2.52. The van der Waals surface area contributed by atoms with E-state index in [1.165, 1.54) is 0 Å². The van der Waals surface area contributed by atoms with Crippen LogP contribution in [-0.4, -0.2) is 24.0 Å². The van der Waals surface area contributed by atoms with Crippen LogP contribution in [0, 0.1) is 0 Å². The Labute approximate surface area is 83.1 Å². The zero-order valence-corrected chi connectivity index (χ0v) is 8.19. The molecule has 0 aromatic carbocycles. The number of hydrogen-bond donors (Lipinski definition) is 1. The zero-order valence-electron chi connectivity index (χ0n) is 8.19. The fraction of sp³-hybridized carbons (Fsp3) is 0.400. The molecule has 76 valence electrons. The van der Waals surface area contributed by atoms with Gasteiger partial charge >= 0.3 is 0 Å². The lowest BCUT2D eigenvalue weighted by atomic mass is 10.1. The molecule has 0 saturated heterocycles. The Morgan fingerprint density at radius 3 is 3.07 bits per heavy atom. The highest BCUT2D eigenvalue weighted by Gasteiger charge is 2.06. The number of hydrogen-bond acceptors (Lipinski definition) is 4. The van der Waals surface area contributed by atoms with E-state index in [2.05, 4.69) is 4.98 Å². The molecule has 4 heteroatoms. The number of ketones is 1. The van der Waals surface area contributed by atoms with Gasteiger partial charge in [-0.25, -0.2) is 4.98 Å². The summed E-state index contributed by atoms with van der Waals surface area (Å²) in [5.74, 6) is 0.434. The lowest BCUT2D eigenvalue weighted by molar-refractivity contribution is -0.122. The minimum atomic E-state index is 0.0200. The molecule has 0 aliphatic carbocycles. The number of nitrogens with zero attached hydrogens (tertiary/aromatic N) is 1. The molecule has 0 saturated carbocycles. The van der Waals surface area contributed by atoms with Crippen LogP contribution in [0.4, 0.5) is 5.82 Å². The van der Waals surface area contributed by atoms with Crippen LogP contribution in [0.15, 0.2) is 18.3 Å². The normalized spacial score (nSPS) is 10.1. The average molecular weight is 194 g/mol. The van der Waals surface area contributed by atoms with Crippen LogP contribution in [-0.2, 0) is 16.0 Å². The lowest BCUT2D eigenvalue weighted by Crippen LogP contribution is -2.12. The van der Waals surface area contributed by atoms with Gasteiger partial charge in [-0.1, -0.05) is 6.07 Å². The van der Waals surface area contributed by atoms with Crippen LogP contribution in [0.3, 0.4) is 0 Å². The van der Waals surface area contributed by atoms with E-state index in [0.717, 1.165) is 5.56 Å². The van der Waals surface area contributed by atoms with Crippen molar-refractivity contribution >= 4 is 11.6 Å². The van der Waals surface area contributed by atoms with Crippen molar-refractivity contribution < 1.29 is 9.53 Å². The van der Waals surface area contributed by atoms with E-state index in [9.17, 15) is 4.79 Å². The molecule has 0 aliphatic heterocycles. The van der Waals surface area contributed by atoms with Gasteiger partial charge in [-0.2, -0.15) is 0 Å². The number of pyridine rings is 1. The minimum Gasteiger partial charge on any atom is -0.383 e. The standard InChI is InChI=1S/C10H14N2O2/c1-2-14-7-9(13)6-8-4-3-5-12-10(8)11/h3-5H,2,6-7H2,1H3,(H2,11,12). The number of nitrogen functional groups attached to an aromatic ring is 1. The zero-order chi connectivity index (χ0) is 10.4. The first-order valence-electron chi connectivity index (χ1n) is 4.53. The molecule has 0 radical (unpaired) electrons. The monoisotopic (exact) mass is 194 g/mol. The Kier molecular flexibility index (Phi) is 4.07. The molecule has 0 aliphatic rings. The van der Waals surface area contributed by atoms with Gasteiger partial charge in [0.1, 0.15) is 12.4 Å². The molecular weight excluding hydrogens is 180 g/mol. The Morgan fingerprint density at radius 2 is 2.43 bits per heavy atom. The van der Waals surface area contributed by atoms with E-state index in [1.807, 2.05) is 6.92 Å². The number of rotatable bonds is 5. The first-order chi connectivity index (χ1) is 6.74. The topological polar surface area (TPSA) is 65.2 Å². The highest BCUT2D eigenvalue weighted by Crippen LogP contribution is 2.07. The van der Waals surface area contributed by atoms with Gasteiger partial charge < -0.3 is 10.5 Å². The van der Waals surface area contributed by atoms with E-state index < -0.39 is 0 Å². The molecular formula is C10H14N2O2. The van der Waals surface area contributed by atoms with E-state index in [-0.39, 0.29) is 12.4 Å². The smallest absolute Gasteiger partial charge is 0.162 e. The summed E-state index contributed by atoms with van der Waals surface area (Å²) in [4.78, 5) is 15.2. The minimum absolute atomic E-state index is 0.0200. The highest BCUT2D eigenvalue weighted by atomic mass is 16.5. The second-order valence-corrected chi connectivity index (χ2v) is 2.90. The van der Waals surface area contributed by atoms with Crippen LogP contribution < -0.4 is 5.73 Å². The molecule has 14 heavy (non-hydrogen) atoms. The molecule has 1 aromatic heterocycles. The van der Waals surface area contributed by atoms with Crippen molar-refractivity contribution in [3.63, 3.8) is 0 Å². The van der Waals surface area contributed by atoms with Crippen molar-refractivity contribution in [3.05, 3.63) is 23.9 Å². The summed E-state index contributed by atoms with van der Waals surface area (Å²) in [6, 6.07) is 3.56. The number of anilines is 1. The van der Waals surface area contributed by atoms with Gasteiger partial charge in [0.15, 0.2) is 5.78 Å². The lowest BCUT2D eigenvalue weighted by Gasteiger charge is -2.03. The fourth-order valence-corrected chi connectivity index (χ4v) is 1.08. The Hall–Kier alpha value is -1.42. The summed E-state index contributed by atoms with van der Waals surface area (Å²) in [5.41, 5.74) is 6.35. The Bertz CT molecular complexity index is 313. The largest absolute Gasteiger partial charge is 0.383 e. The molecule has 0 unspecified atom stereocenters. The van der Waals surface area contributed by atoms with Crippen molar-refractivity contribution in [1.29, 1.82) is 0 Å². The quantitative estimate of drug-likeness (QED) is 0.753. The predicted octanol–water partition coefficient (Wildman–Crippen LogP) is 0.812. The van der Waals surface area contributed by atoms with Crippen molar-refractivity contribution in [2.45, 2.75) is 13.3 Å². The number of carbonyl (C=O) groups excluding carboxylic acids is 1. The molecule has 0 bridgehead atoms. The molecule has 0 fully saturated rings. The average Bonchev–Trinajstić information content (AvgIpc) is 2.18. The van der Waals surface area contributed by atoms with Crippen LogP contribution in [0.25, 0.3) is 0 Å². The third kappa shape index (κ3) is 3.14. The molecule has 1 aromatic rings. The van der Waals surface area contributed by atoms with Crippen molar-refractivity contribution in [2.24, 2.45) is 0 Å². The maximum Gasteiger partial charge on any atom is 0.162 e. The van der Waals surface area contributed by atoms with Crippen LogP contribution in [0.5, 0.6) is 0 Å². The number of carbonyl (C=O) groups is 1. The summed E-state index contributed by atoms with van der Waals surface area (Å²) in [7, 11) is 0. The van der Waals surface area contributed by atoms with Gasteiger partial charge in [-0.3, -0.25) is 4.79 Å². The summed E-state index contributed by atoms with van der Waals surface area (Å²) in [5, 5.41) is 0. The van der Waals surface area contributed by atoms with Crippen molar-refractivity contribution in [1.82, 2.24) is 4.98 Å². The number of aromatic nitrogens is 1. The van der Waals surface area contributed by atoms with Crippen LogP contribution in [0.2, 0.25) is 0 Å². The van der Waals surface area contributed by atoms with Crippen molar-refractivity contribution in [2.75, 3.05) is 18.9 Å². The molecule has 0 amide bonds. The molecule has 1 heterocycles. The van der Waals surface area contributed by atoms with E-state index in [1.54, 1.807) is 18.3 Å². The number of Topliss-reactive ketones (excluding diaryl/α,β-unsaturated/α-hetero) is 1. The summed E-state index contributed by atoms with van der Waals surface area (Å²) in [6.45, 7) is 2.55. The van der Waals surface area contributed by atoms with Crippen LogP contribution in [0.1, 0.15) is 12.5 Å². The number of nitrogens with two attached hydrogens (primary N) is 1. The Morgan fingerprint density at radius 1 is 1.64 bits per heavy atom. The van der Waals surface area contributed by atoms with Gasteiger partial charge in [0.05, 0.1) is 0 Å². The molecule has 4 nitrogen and oxygen atoms in total. The second-order valence-electron chi connectivity index (χ2n) is 2.90. The summed E-state index contributed by atoms with van der Waals surface area (Å²) in [6.07, 6.45) is 1.89. The first kappa shape index (κ1) is 10.7. The number of ether oxygens (including phenoxy) is 1. The predicted molar refractivity (Wildman–Crippen MR) is 53.9 cm³/mol. The van der Waals surface area contributed by atoms with Crippen molar-refractivity contribution in [3.8, 4) is 0 Å². The van der Waals surface area contributed by atoms with Gasteiger partial charge in [-0.05, 0) is 13.0 Å². The van der Waals surface area contributed by atoms with Gasteiger partial charge in [0, 0.05) is 24.8 Å².